The van der Waals surface area contributed by atoms with Gasteiger partial charge in [0.2, 0.25) is 0 Å². The van der Waals surface area contributed by atoms with Crippen LogP contribution in [-0.2, 0) is 0 Å². The van der Waals surface area contributed by atoms with E-state index < -0.39 is 5.83 Å². The van der Waals surface area contributed by atoms with E-state index in [0.717, 1.165) is 38.5 Å². The lowest BCUT2D eigenvalue weighted by molar-refractivity contribution is 0.290. The minimum atomic E-state index is -0.741. The third-order valence-corrected chi connectivity index (χ3v) is 6.62. The molecule has 0 spiro atoms. The number of nitrogens with zero attached hydrogens (tertiary/aromatic N) is 1. The van der Waals surface area contributed by atoms with Gasteiger partial charge in [0, 0.05) is 0 Å². The normalized spacial score (nSPS) is 28.8. The van der Waals surface area contributed by atoms with Crippen LogP contribution in [0, 0.1) is 34.9 Å². The lowest BCUT2D eigenvalue weighted by atomic mass is 9.70. The molecule has 0 unspecified atom stereocenters. The van der Waals surface area contributed by atoms with Crippen LogP contribution < -0.4 is 0 Å². The zero-order valence-corrected chi connectivity index (χ0v) is 16.4. The SMILES string of the molecule is C=C([C@H]1CC[C@H](/C=C/C=C(\F)C#N)CC1)[C@H]1CC[C@H](c2ccc(F)cc2)CC1. The van der Waals surface area contributed by atoms with Crippen molar-refractivity contribution in [2.24, 2.45) is 17.8 Å². The second-order valence-electron chi connectivity index (χ2n) is 8.30. The molecule has 2 fully saturated rings. The molecule has 2 saturated carbocycles. The Kier molecular flexibility index (Phi) is 7.20. The molecular formula is C25H29F2N. The van der Waals surface area contributed by atoms with Gasteiger partial charge in [0.1, 0.15) is 11.9 Å². The van der Waals surface area contributed by atoms with E-state index >= 15 is 0 Å². The maximum atomic E-state index is 13.1. The Hall–Kier alpha value is -2.21. The fraction of sp³-hybridized carbons (Fsp3) is 0.480. The van der Waals surface area contributed by atoms with Gasteiger partial charge in [-0.15, -0.1) is 0 Å². The van der Waals surface area contributed by atoms with Crippen molar-refractivity contribution in [1.82, 2.24) is 0 Å². The summed E-state index contributed by atoms with van der Waals surface area (Å²) in [6.45, 7) is 4.47. The summed E-state index contributed by atoms with van der Waals surface area (Å²) >= 11 is 0. The third-order valence-electron chi connectivity index (χ3n) is 6.62. The summed E-state index contributed by atoms with van der Waals surface area (Å²) in [4.78, 5) is 0. The minimum Gasteiger partial charge on any atom is -0.207 e. The van der Waals surface area contributed by atoms with Gasteiger partial charge in [0.05, 0.1) is 0 Å². The van der Waals surface area contributed by atoms with E-state index in [-0.39, 0.29) is 5.82 Å². The van der Waals surface area contributed by atoms with Gasteiger partial charge in [-0.2, -0.15) is 9.65 Å². The smallest absolute Gasteiger partial charge is 0.199 e. The van der Waals surface area contributed by atoms with Crippen molar-refractivity contribution in [3.63, 3.8) is 0 Å². The van der Waals surface area contributed by atoms with Crippen molar-refractivity contribution in [3.8, 4) is 6.07 Å². The average Bonchev–Trinajstić information content (AvgIpc) is 2.74. The highest BCUT2D eigenvalue weighted by Crippen LogP contribution is 2.43. The Bertz CT molecular complexity index is 753. The number of hydrogen-bond acceptors (Lipinski definition) is 1. The van der Waals surface area contributed by atoms with E-state index in [1.54, 1.807) is 18.2 Å². The average molecular weight is 382 g/mol. The number of hydrogen-bond donors (Lipinski definition) is 0. The molecule has 3 heteroatoms. The zero-order chi connectivity index (χ0) is 19.9. The number of allylic oxidation sites excluding steroid dienone is 5. The molecular weight excluding hydrogens is 352 g/mol. The van der Waals surface area contributed by atoms with Crippen LogP contribution in [0.1, 0.15) is 62.8 Å². The highest BCUT2D eigenvalue weighted by molar-refractivity contribution is 5.22. The molecule has 0 heterocycles. The largest absolute Gasteiger partial charge is 0.207 e. The van der Waals surface area contributed by atoms with Crippen LogP contribution >= 0.6 is 0 Å². The van der Waals surface area contributed by atoms with E-state index in [4.69, 9.17) is 5.26 Å². The van der Waals surface area contributed by atoms with E-state index in [2.05, 4.69) is 6.58 Å². The maximum absolute atomic E-state index is 13.1. The van der Waals surface area contributed by atoms with Gasteiger partial charge in [-0.25, -0.2) is 4.39 Å². The topological polar surface area (TPSA) is 23.8 Å². The number of benzene rings is 1. The Labute approximate surface area is 167 Å². The summed E-state index contributed by atoms with van der Waals surface area (Å²) in [6, 6.07) is 8.49. The standard InChI is InChI=1S/C25H29F2N/c1-18(20-7-5-19(6-8-20)3-2-4-25(27)17-28)21-9-11-22(12-10-21)23-13-15-24(26)16-14-23/h2-4,13-16,19-22H,1,5-12H2/b3-2+,25-4-/t19-,20-,21-,22-. The molecule has 0 radical (unpaired) electrons. The first-order chi connectivity index (χ1) is 13.6. The molecule has 148 valence electrons. The summed E-state index contributed by atoms with van der Waals surface area (Å²) in [5, 5.41) is 8.43. The van der Waals surface area contributed by atoms with Crippen LogP contribution in [-0.4, -0.2) is 0 Å². The molecule has 1 aromatic carbocycles. The van der Waals surface area contributed by atoms with Crippen molar-refractivity contribution in [3.05, 3.63) is 71.9 Å². The van der Waals surface area contributed by atoms with Crippen molar-refractivity contribution < 1.29 is 8.78 Å². The van der Waals surface area contributed by atoms with Crippen LogP contribution in [0.5, 0.6) is 0 Å². The van der Waals surface area contributed by atoms with Crippen molar-refractivity contribution in [1.29, 1.82) is 5.26 Å². The molecule has 3 rings (SSSR count). The van der Waals surface area contributed by atoms with Gasteiger partial charge >= 0.3 is 0 Å². The molecule has 0 atom stereocenters. The molecule has 1 nitrogen and oxygen atoms in total. The first-order valence-corrected chi connectivity index (χ1v) is 10.4. The van der Waals surface area contributed by atoms with Crippen LogP contribution in [0.4, 0.5) is 8.78 Å². The van der Waals surface area contributed by atoms with Gasteiger partial charge < -0.3 is 0 Å². The Morgan fingerprint density at radius 3 is 2.11 bits per heavy atom. The van der Waals surface area contributed by atoms with Crippen LogP contribution in [0.25, 0.3) is 0 Å². The second-order valence-corrected chi connectivity index (χ2v) is 8.30. The second kappa shape index (κ2) is 9.82. The lowest BCUT2D eigenvalue weighted by Crippen LogP contribution is -2.22. The highest BCUT2D eigenvalue weighted by atomic mass is 19.1. The van der Waals surface area contributed by atoms with Gasteiger partial charge in [-0.05, 0) is 98.8 Å². The lowest BCUT2D eigenvalue weighted by Gasteiger charge is -2.36. The maximum Gasteiger partial charge on any atom is 0.199 e. The molecule has 2 aliphatic rings. The highest BCUT2D eigenvalue weighted by Gasteiger charge is 2.29. The third kappa shape index (κ3) is 5.41. The van der Waals surface area contributed by atoms with Gasteiger partial charge in [0.15, 0.2) is 5.83 Å². The summed E-state index contributed by atoms with van der Waals surface area (Å²) in [5.74, 6) is 1.33. The van der Waals surface area contributed by atoms with E-state index in [9.17, 15) is 8.78 Å². The quantitative estimate of drug-likeness (QED) is 0.296. The summed E-state index contributed by atoms with van der Waals surface area (Å²) < 4.78 is 26.0. The fourth-order valence-electron chi connectivity index (χ4n) is 4.88. The molecule has 0 amide bonds. The molecule has 2 aliphatic carbocycles. The van der Waals surface area contributed by atoms with Gasteiger partial charge in [-0.1, -0.05) is 36.4 Å². The minimum absolute atomic E-state index is 0.164. The first kappa shape index (κ1) is 20.5. The molecule has 0 saturated heterocycles. The molecule has 0 bridgehead atoms. The number of halogens is 2. The molecule has 0 aliphatic heterocycles. The van der Waals surface area contributed by atoms with E-state index in [1.165, 1.54) is 36.1 Å². The molecule has 28 heavy (non-hydrogen) atoms. The summed E-state index contributed by atoms with van der Waals surface area (Å²) in [7, 11) is 0. The van der Waals surface area contributed by atoms with Gasteiger partial charge in [-0.3, -0.25) is 0 Å². The van der Waals surface area contributed by atoms with Gasteiger partial charge in [0.25, 0.3) is 0 Å². The summed E-state index contributed by atoms with van der Waals surface area (Å²) in [6.07, 6.45) is 14.1. The zero-order valence-electron chi connectivity index (χ0n) is 16.4. The molecule has 0 N–H and O–H groups in total. The van der Waals surface area contributed by atoms with Crippen LogP contribution in [0.3, 0.4) is 0 Å². The Morgan fingerprint density at radius 2 is 1.54 bits per heavy atom. The van der Waals surface area contributed by atoms with Crippen LogP contribution in [0.15, 0.2) is 60.5 Å². The monoisotopic (exact) mass is 381 g/mol. The first-order valence-electron chi connectivity index (χ1n) is 10.4. The predicted molar refractivity (Wildman–Crippen MR) is 110 cm³/mol. The number of rotatable bonds is 5. The van der Waals surface area contributed by atoms with E-state index in [0.29, 0.717) is 23.7 Å². The van der Waals surface area contributed by atoms with Crippen molar-refractivity contribution in [2.45, 2.75) is 57.3 Å². The predicted octanol–water partition coefficient (Wildman–Crippen LogP) is 7.40. The molecule has 1 aromatic rings. The fourth-order valence-corrected chi connectivity index (χ4v) is 4.88. The van der Waals surface area contributed by atoms with Crippen molar-refractivity contribution >= 4 is 0 Å². The van der Waals surface area contributed by atoms with Crippen molar-refractivity contribution in [2.75, 3.05) is 0 Å². The Balaban J connectivity index is 1.45. The Morgan fingerprint density at radius 1 is 0.964 bits per heavy atom. The molecule has 0 aromatic heterocycles. The van der Waals surface area contributed by atoms with E-state index in [1.807, 2.05) is 18.2 Å². The number of nitriles is 1. The summed E-state index contributed by atoms with van der Waals surface area (Å²) in [5.41, 5.74) is 2.69. The van der Waals surface area contributed by atoms with Crippen LogP contribution in [0.2, 0.25) is 0 Å².